The highest BCUT2D eigenvalue weighted by Crippen LogP contribution is 2.28. The molecule has 0 aliphatic rings. The van der Waals surface area contributed by atoms with Gasteiger partial charge in [0.25, 0.3) is 5.91 Å². The molecule has 1 N–H and O–H groups in total. The molecule has 0 aliphatic heterocycles. The minimum atomic E-state index is -0.186. The summed E-state index contributed by atoms with van der Waals surface area (Å²) >= 11 is 0. The molecule has 0 aliphatic carbocycles. The minimum Gasteiger partial charge on any atom is -0.436 e. The van der Waals surface area contributed by atoms with E-state index in [-0.39, 0.29) is 5.91 Å². The first-order chi connectivity index (χ1) is 13.3. The molecule has 0 spiro atoms. The Labute approximate surface area is 156 Å². The van der Waals surface area contributed by atoms with Crippen LogP contribution in [0.5, 0.6) is 0 Å². The zero-order valence-corrected chi connectivity index (χ0v) is 14.5. The molecule has 2 aromatic heterocycles. The van der Waals surface area contributed by atoms with Crippen molar-refractivity contribution < 1.29 is 9.21 Å². The third kappa shape index (κ3) is 3.77. The molecule has 5 nitrogen and oxygen atoms in total. The summed E-state index contributed by atoms with van der Waals surface area (Å²) in [7, 11) is 0. The SMILES string of the molecule is O=C(NCc1cccnc1)c1ccccc1-c1ncc(-c2ccccc2)o1. The Morgan fingerprint density at radius 3 is 2.56 bits per heavy atom. The molecule has 5 heteroatoms. The van der Waals surface area contributed by atoms with Crippen molar-refractivity contribution in [2.24, 2.45) is 0 Å². The number of nitrogens with zero attached hydrogens (tertiary/aromatic N) is 2. The second-order valence-electron chi connectivity index (χ2n) is 5.99. The largest absolute Gasteiger partial charge is 0.436 e. The van der Waals surface area contributed by atoms with Gasteiger partial charge in [-0.3, -0.25) is 9.78 Å². The van der Waals surface area contributed by atoms with E-state index >= 15 is 0 Å². The second-order valence-corrected chi connectivity index (χ2v) is 5.99. The molecule has 0 radical (unpaired) electrons. The van der Waals surface area contributed by atoms with Gasteiger partial charge in [0.15, 0.2) is 5.76 Å². The average molecular weight is 355 g/mol. The van der Waals surface area contributed by atoms with Crippen molar-refractivity contribution in [3.8, 4) is 22.8 Å². The van der Waals surface area contributed by atoms with E-state index in [1.54, 1.807) is 24.7 Å². The fourth-order valence-corrected chi connectivity index (χ4v) is 2.78. The van der Waals surface area contributed by atoms with Gasteiger partial charge in [-0.15, -0.1) is 0 Å². The molecular weight excluding hydrogens is 338 g/mol. The van der Waals surface area contributed by atoms with E-state index in [1.165, 1.54) is 0 Å². The Balaban J connectivity index is 1.58. The van der Waals surface area contributed by atoms with Crippen molar-refractivity contribution >= 4 is 5.91 Å². The third-order valence-electron chi connectivity index (χ3n) is 4.14. The van der Waals surface area contributed by atoms with Crippen LogP contribution in [-0.4, -0.2) is 15.9 Å². The van der Waals surface area contributed by atoms with E-state index in [0.717, 1.165) is 11.1 Å². The average Bonchev–Trinajstić information content (AvgIpc) is 3.23. The highest BCUT2D eigenvalue weighted by molar-refractivity contribution is 6.00. The van der Waals surface area contributed by atoms with E-state index < -0.39 is 0 Å². The van der Waals surface area contributed by atoms with Crippen LogP contribution in [0, 0.1) is 0 Å². The van der Waals surface area contributed by atoms with E-state index in [0.29, 0.717) is 29.3 Å². The van der Waals surface area contributed by atoms with E-state index in [4.69, 9.17) is 4.42 Å². The number of nitrogens with one attached hydrogen (secondary N) is 1. The summed E-state index contributed by atoms with van der Waals surface area (Å²) < 4.78 is 5.91. The number of benzene rings is 2. The van der Waals surface area contributed by atoms with E-state index in [2.05, 4.69) is 15.3 Å². The molecule has 0 saturated heterocycles. The molecule has 2 heterocycles. The van der Waals surface area contributed by atoms with Crippen LogP contribution in [0.3, 0.4) is 0 Å². The zero-order valence-electron chi connectivity index (χ0n) is 14.5. The molecule has 0 saturated carbocycles. The van der Waals surface area contributed by atoms with Crippen LogP contribution >= 0.6 is 0 Å². The molecule has 2 aromatic carbocycles. The van der Waals surface area contributed by atoms with Crippen LogP contribution in [0.15, 0.2) is 89.7 Å². The Bertz CT molecular complexity index is 1040. The van der Waals surface area contributed by atoms with E-state index in [1.807, 2.05) is 60.7 Å². The Morgan fingerprint density at radius 2 is 1.74 bits per heavy atom. The fraction of sp³-hybridized carbons (Fsp3) is 0.0455. The molecule has 4 rings (SSSR count). The molecule has 1 amide bonds. The lowest BCUT2D eigenvalue weighted by molar-refractivity contribution is 0.0951. The van der Waals surface area contributed by atoms with Crippen molar-refractivity contribution in [2.45, 2.75) is 6.54 Å². The van der Waals surface area contributed by atoms with Gasteiger partial charge in [0.2, 0.25) is 5.89 Å². The second kappa shape index (κ2) is 7.66. The highest BCUT2D eigenvalue weighted by Gasteiger charge is 2.16. The van der Waals surface area contributed by atoms with Crippen molar-refractivity contribution in [3.05, 3.63) is 96.4 Å². The summed E-state index contributed by atoms with van der Waals surface area (Å²) in [5, 5.41) is 2.92. The van der Waals surface area contributed by atoms with Crippen LogP contribution in [-0.2, 0) is 6.54 Å². The van der Waals surface area contributed by atoms with Gasteiger partial charge in [-0.25, -0.2) is 4.98 Å². The molecular formula is C22H17N3O2. The fourth-order valence-electron chi connectivity index (χ4n) is 2.78. The van der Waals surface area contributed by atoms with Crippen molar-refractivity contribution in [1.29, 1.82) is 0 Å². The van der Waals surface area contributed by atoms with Gasteiger partial charge in [0.1, 0.15) is 0 Å². The Morgan fingerprint density at radius 1 is 0.926 bits per heavy atom. The quantitative estimate of drug-likeness (QED) is 0.578. The number of hydrogen-bond donors (Lipinski definition) is 1. The normalized spacial score (nSPS) is 10.5. The Hall–Kier alpha value is -3.73. The van der Waals surface area contributed by atoms with Gasteiger partial charge >= 0.3 is 0 Å². The number of pyridine rings is 1. The summed E-state index contributed by atoms with van der Waals surface area (Å²) in [5.41, 5.74) is 3.05. The topological polar surface area (TPSA) is 68.0 Å². The lowest BCUT2D eigenvalue weighted by Crippen LogP contribution is -2.23. The monoisotopic (exact) mass is 355 g/mol. The van der Waals surface area contributed by atoms with Crippen molar-refractivity contribution in [3.63, 3.8) is 0 Å². The van der Waals surface area contributed by atoms with Crippen LogP contribution in [0.1, 0.15) is 15.9 Å². The summed E-state index contributed by atoms with van der Waals surface area (Å²) in [6, 6.07) is 20.8. The van der Waals surface area contributed by atoms with Gasteiger partial charge in [0.05, 0.1) is 11.8 Å². The van der Waals surface area contributed by atoms with E-state index in [9.17, 15) is 4.79 Å². The summed E-state index contributed by atoms with van der Waals surface area (Å²) in [5.74, 6) is 0.895. The predicted octanol–water partition coefficient (Wildman–Crippen LogP) is 4.33. The molecule has 132 valence electrons. The van der Waals surface area contributed by atoms with Crippen LogP contribution in [0.25, 0.3) is 22.8 Å². The first-order valence-electron chi connectivity index (χ1n) is 8.59. The number of oxazole rings is 1. The lowest BCUT2D eigenvalue weighted by atomic mass is 10.1. The smallest absolute Gasteiger partial charge is 0.252 e. The van der Waals surface area contributed by atoms with Crippen molar-refractivity contribution in [2.75, 3.05) is 0 Å². The van der Waals surface area contributed by atoms with Crippen LogP contribution in [0.4, 0.5) is 0 Å². The maximum Gasteiger partial charge on any atom is 0.252 e. The standard InChI is InChI=1S/C22H17N3O2/c26-21(24-14-16-7-6-12-23-13-16)18-10-4-5-11-19(18)22-25-15-20(27-22)17-8-2-1-3-9-17/h1-13,15H,14H2,(H,24,26). The van der Waals surface area contributed by atoms with Gasteiger partial charge in [-0.05, 0) is 23.8 Å². The van der Waals surface area contributed by atoms with Gasteiger partial charge in [-0.2, -0.15) is 0 Å². The third-order valence-corrected chi connectivity index (χ3v) is 4.14. The van der Waals surface area contributed by atoms with Gasteiger partial charge in [0, 0.05) is 30.1 Å². The minimum absolute atomic E-state index is 0.186. The maximum absolute atomic E-state index is 12.7. The first kappa shape index (κ1) is 16.7. The number of carbonyl (C=O) groups is 1. The maximum atomic E-state index is 12.7. The summed E-state index contributed by atoms with van der Waals surface area (Å²) in [6.45, 7) is 0.405. The van der Waals surface area contributed by atoms with Gasteiger partial charge < -0.3 is 9.73 Å². The molecule has 4 aromatic rings. The zero-order chi connectivity index (χ0) is 18.5. The van der Waals surface area contributed by atoms with Crippen LogP contribution < -0.4 is 5.32 Å². The number of rotatable bonds is 5. The number of aromatic nitrogens is 2. The predicted molar refractivity (Wildman–Crippen MR) is 103 cm³/mol. The molecule has 0 atom stereocenters. The first-order valence-corrected chi connectivity index (χ1v) is 8.59. The number of carbonyl (C=O) groups excluding carboxylic acids is 1. The molecule has 0 fully saturated rings. The molecule has 0 bridgehead atoms. The summed E-state index contributed by atoms with van der Waals surface area (Å²) in [4.78, 5) is 21.1. The van der Waals surface area contributed by atoms with Crippen molar-refractivity contribution in [1.82, 2.24) is 15.3 Å². The van der Waals surface area contributed by atoms with Gasteiger partial charge in [-0.1, -0.05) is 48.5 Å². The Kier molecular flexibility index (Phi) is 4.74. The van der Waals surface area contributed by atoms with Crippen LogP contribution in [0.2, 0.25) is 0 Å². The summed E-state index contributed by atoms with van der Waals surface area (Å²) in [6.07, 6.45) is 5.11. The number of hydrogen-bond acceptors (Lipinski definition) is 4. The lowest BCUT2D eigenvalue weighted by Gasteiger charge is -2.08. The highest BCUT2D eigenvalue weighted by atomic mass is 16.4. The molecule has 0 unspecified atom stereocenters. The number of amides is 1. The molecule has 27 heavy (non-hydrogen) atoms.